The minimum Gasteiger partial charge on any atom is -0.352 e. The molecule has 0 spiro atoms. The van der Waals surface area contributed by atoms with Gasteiger partial charge in [0, 0.05) is 23.5 Å². The molecule has 0 bridgehead atoms. The molecule has 0 unspecified atom stereocenters. The Morgan fingerprint density at radius 3 is 2.61 bits per heavy atom. The minimum absolute atomic E-state index is 0.0465. The molecule has 2 aliphatic carbocycles. The molecule has 0 atom stereocenters. The smallest absolute Gasteiger partial charge is 0.276 e. The van der Waals surface area contributed by atoms with Gasteiger partial charge in [-0.2, -0.15) is 10.2 Å². The SMILES string of the molecule is O=C(Cn1cc(NC(=O)c2nn(-c3ccccc3)c3c2CCCCC3)cn1)NC1CCCC1. The van der Waals surface area contributed by atoms with E-state index in [1.54, 1.807) is 17.1 Å². The van der Waals surface area contributed by atoms with E-state index in [0.717, 1.165) is 61.9 Å². The molecule has 0 aliphatic heterocycles. The van der Waals surface area contributed by atoms with Crippen LogP contribution in [0.25, 0.3) is 5.69 Å². The molecule has 8 heteroatoms. The molecule has 0 saturated heterocycles. The predicted octanol–water partition coefficient (Wildman–Crippen LogP) is 3.65. The second kappa shape index (κ2) is 9.60. The van der Waals surface area contributed by atoms with Crippen LogP contribution < -0.4 is 10.6 Å². The molecule has 2 heterocycles. The number of hydrogen-bond donors (Lipinski definition) is 2. The van der Waals surface area contributed by atoms with E-state index in [-0.39, 0.29) is 24.4 Å². The van der Waals surface area contributed by atoms with Crippen LogP contribution >= 0.6 is 0 Å². The van der Waals surface area contributed by atoms with Gasteiger partial charge >= 0.3 is 0 Å². The second-order valence-electron chi connectivity index (χ2n) is 9.01. The molecule has 2 aliphatic rings. The number of amides is 2. The number of nitrogens with zero attached hydrogens (tertiary/aromatic N) is 4. The Balaban J connectivity index is 1.31. The van der Waals surface area contributed by atoms with Gasteiger partial charge in [0.05, 0.1) is 17.6 Å². The van der Waals surface area contributed by atoms with E-state index in [2.05, 4.69) is 15.7 Å². The Kier molecular flexibility index (Phi) is 6.24. The molecule has 8 nitrogen and oxygen atoms in total. The lowest BCUT2D eigenvalue weighted by Gasteiger charge is -2.11. The summed E-state index contributed by atoms with van der Waals surface area (Å²) in [6.07, 6.45) is 12.8. The molecule has 1 saturated carbocycles. The zero-order valence-corrected chi connectivity index (χ0v) is 18.8. The molecular formula is C25H30N6O2. The number of para-hydroxylation sites is 1. The zero-order chi connectivity index (χ0) is 22.6. The summed E-state index contributed by atoms with van der Waals surface area (Å²) in [5.74, 6) is -0.285. The van der Waals surface area contributed by atoms with Gasteiger partial charge in [-0.25, -0.2) is 4.68 Å². The first-order chi connectivity index (χ1) is 16.2. The van der Waals surface area contributed by atoms with Gasteiger partial charge in [-0.05, 0) is 50.7 Å². The van der Waals surface area contributed by atoms with Gasteiger partial charge in [0.25, 0.3) is 5.91 Å². The lowest BCUT2D eigenvalue weighted by Crippen LogP contribution is -2.35. The van der Waals surface area contributed by atoms with Crippen LogP contribution in [0.3, 0.4) is 0 Å². The Bertz CT molecular complexity index is 1130. The Morgan fingerprint density at radius 1 is 1.00 bits per heavy atom. The highest BCUT2D eigenvalue weighted by Gasteiger charge is 2.25. The van der Waals surface area contributed by atoms with Crippen molar-refractivity contribution in [3.63, 3.8) is 0 Å². The number of hydrogen-bond acceptors (Lipinski definition) is 4. The van der Waals surface area contributed by atoms with Crippen LogP contribution in [0, 0.1) is 0 Å². The maximum Gasteiger partial charge on any atom is 0.276 e. The average molecular weight is 447 g/mol. The van der Waals surface area contributed by atoms with Crippen LogP contribution in [-0.4, -0.2) is 37.4 Å². The number of carbonyl (C=O) groups is 2. The number of rotatable bonds is 6. The van der Waals surface area contributed by atoms with Gasteiger partial charge in [-0.15, -0.1) is 0 Å². The summed E-state index contributed by atoms with van der Waals surface area (Å²) in [4.78, 5) is 25.5. The monoisotopic (exact) mass is 446 g/mol. The van der Waals surface area contributed by atoms with Crippen LogP contribution in [-0.2, 0) is 24.2 Å². The molecule has 0 radical (unpaired) electrons. The highest BCUT2D eigenvalue weighted by molar-refractivity contribution is 6.04. The van der Waals surface area contributed by atoms with Crippen LogP contribution in [0.15, 0.2) is 42.7 Å². The fourth-order valence-corrected chi connectivity index (χ4v) is 4.94. The van der Waals surface area contributed by atoms with E-state index in [1.807, 2.05) is 35.0 Å². The maximum atomic E-state index is 13.2. The van der Waals surface area contributed by atoms with Crippen molar-refractivity contribution in [3.05, 3.63) is 59.7 Å². The van der Waals surface area contributed by atoms with E-state index >= 15 is 0 Å². The third kappa shape index (κ3) is 4.84. The minimum atomic E-state index is -0.238. The fraction of sp³-hybridized carbons (Fsp3) is 0.440. The summed E-state index contributed by atoms with van der Waals surface area (Å²) >= 11 is 0. The number of benzene rings is 1. The third-order valence-corrected chi connectivity index (χ3v) is 6.56. The van der Waals surface area contributed by atoms with E-state index in [1.165, 1.54) is 12.8 Å². The van der Waals surface area contributed by atoms with Gasteiger partial charge in [-0.1, -0.05) is 37.5 Å². The van der Waals surface area contributed by atoms with Crippen molar-refractivity contribution in [2.75, 3.05) is 5.32 Å². The first-order valence-electron chi connectivity index (χ1n) is 12.0. The number of aromatic nitrogens is 4. The quantitative estimate of drug-likeness (QED) is 0.565. The van der Waals surface area contributed by atoms with Gasteiger partial charge in [-0.3, -0.25) is 14.3 Å². The lowest BCUT2D eigenvalue weighted by atomic mass is 10.1. The molecule has 2 amide bonds. The molecule has 5 rings (SSSR count). The molecule has 1 fully saturated rings. The fourth-order valence-electron chi connectivity index (χ4n) is 4.94. The van der Waals surface area contributed by atoms with Gasteiger partial charge < -0.3 is 10.6 Å². The Morgan fingerprint density at radius 2 is 1.79 bits per heavy atom. The van der Waals surface area contributed by atoms with Crippen LogP contribution in [0.4, 0.5) is 5.69 Å². The average Bonchev–Trinajstić information content (AvgIpc) is 3.52. The Labute approximate surface area is 193 Å². The highest BCUT2D eigenvalue weighted by Crippen LogP contribution is 2.27. The van der Waals surface area contributed by atoms with Crippen molar-refractivity contribution in [3.8, 4) is 5.69 Å². The number of nitrogens with one attached hydrogen (secondary N) is 2. The van der Waals surface area contributed by atoms with Crippen molar-refractivity contribution in [2.24, 2.45) is 0 Å². The number of anilines is 1. The molecule has 2 aromatic heterocycles. The molecular weight excluding hydrogens is 416 g/mol. The normalized spacial score (nSPS) is 16.2. The van der Waals surface area contributed by atoms with Crippen molar-refractivity contribution in [2.45, 2.75) is 70.4 Å². The van der Waals surface area contributed by atoms with Crippen molar-refractivity contribution < 1.29 is 9.59 Å². The van der Waals surface area contributed by atoms with Crippen LogP contribution in [0.5, 0.6) is 0 Å². The topological polar surface area (TPSA) is 93.8 Å². The second-order valence-corrected chi connectivity index (χ2v) is 9.01. The summed E-state index contributed by atoms with van der Waals surface area (Å²) < 4.78 is 3.48. The largest absolute Gasteiger partial charge is 0.352 e. The Hall–Kier alpha value is -3.42. The number of fused-ring (bicyclic) bond motifs is 1. The van der Waals surface area contributed by atoms with Crippen molar-refractivity contribution in [1.29, 1.82) is 0 Å². The summed E-state index contributed by atoms with van der Waals surface area (Å²) in [6.45, 7) is 0.143. The molecule has 172 valence electrons. The highest BCUT2D eigenvalue weighted by atomic mass is 16.2. The van der Waals surface area contributed by atoms with E-state index in [9.17, 15) is 9.59 Å². The zero-order valence-electron chi connectivity index (χ0n) is 18.8. The standard InChI is InChI=1S/C25H30N6O2/c32-23(27-18-9-7-8-10-18)17-30-16-19(15-26-30)28-25(33)24-21-13-5-2-6-14-22(21)31(29-24)20-11-3-1-4-12-20/h1,3-4,11-12,15-16,18H,2,5-10,13-14,17H2,(H,27,32)(H,28,33). The van der Waals surface area contributed by atoms with Gasteiger partial charge in [0.2, 0.25) is 5.91 Å². The third-order valence-electron chi connectivity index (χ3n) is 6.56. The van der Waals surface area contributed by atoms with Crippen molar-refractivity contribution >= 4 is 17.5 Å². The van der Waals surface area contributed by atoms with Crippen molar-refractivity contribution in [1.82, 2.24) is 24.9 Å². The van der Waals surface area contributed by atoms with Gasteiger partial charge in [0.1, 0.15) is 6.54 Å². The summed E-state index contributed by atoms with van der Waals surface area (Å²) in [7, 11) is 0. The first kappa shape index (κ1) is 21.4. The van der Waals surface area contributed by atoms with E-state index < -0.39 is 0 Å². The van der Waals surface area contributed by atoms with Gasteiger partial charge in [0.15, 0.2) is 5.69 Å². The summed E-state index contributed by atoms with van der Waals surface area (Å²) in [5, 5.41) is 15.0. The molecule has 2 N–H and O–H groups in total. The van der Waals surface area contributed by atoms with Crippen LogP contribution in [0.1, 0.15) is 66.7 Å². The predicted molar refractivity (Wildman–Crippen MR) is 125 cm³/mol. The maximum absolute atomic E-state index is 13.2. The molecule has 3 aromatic rings. The van der Waals surface area contributed by atoms with Crippen LogP contribution in [0.2, 0.25) is 0 Å². The molecule has 33 heavy (non-hydrogen) atoms. The molecule has 1 aromatic carbocycles. The number of carbonyl (C=O) groups excluding carboxylic acids is 2. The lowest BCUT2D eigenvalue weighted by molar-refractivity contribution is -0.122. The summed E-state index contributed by atoms with van der Waals surface area (Å²) in [6, 6.07) is 10.3. The van der Waals surface area contributed by atoms with E-state index in [0.29, 0.717) is 11.4 Å². The summed E-state index contributed by atoms with van der Waals surface area (Å²) in [5.41, 5.74) is 4.17. The first-order valence-corrected chi connectivity index (χ1v) is 12.0. The van der Waals surface area contributed by atoms with E-state index in [4.69, 9.17) is 5.10 Å².